The standard InChI is InChI=1S/C20H26N2O4S/c1-21-27(24,25)19-12-9-17(10-13-19)11-14-20(23)22(2)15-6-16-26-18-7-4-3-5-8-18/h3-5,7-10,12-13,21H,6,11,14-16H2,1-2H3. The van der Waals surface area contributed by atoms with E-state index in [1.807, 2.05) is 30.3 Å². The molecule has 0 saturated heterocycles. The van der Waals surface area contributed by atoms with Crippen LogP contribution in [0.25, 0.3) is 0 Å². The Balaban J connectivity index is 1.71. The van der Waals surface area contributed by atoms with Gasteiger partial charge in [0, 0.05) is 20.0 Å². The number of nitrogens with zero attached hydrogens (tertiary/aromatic N) is 1. The molecule has 1 amide bonds. The first-order valence-corrected chi connectivity index (χ1v) is 10.3. The number of hydrogen-bond donors (Lipinski definition) is 1. The van der Waals surface area contributed by atoms with Gasteiger partial charge in [0.15, 0.2) is 0 Å². The summed E-state index contributed by atoms with van der Waals surface area (Å²) >= 11 is 0. The van der Waals surface area contributed by atoms with Crippen molar-refractivity contribution in [3.8, 4) is 5.75 Å². The molecule has 0 fully saturated rings. The Bertz CT molecular complexity index is 821. The zero-order valence-electron chi connectivity index (χ0n) is 15.7. The number of rotatable bonds is 10. The molecule has 0 bridgehead atoms. The van der Waals surface area contributed by atoms with Crippen LogP contribution in [-0.4, -0.2) is 46.5 Å². The van der Waals surface area contributed by atoms with Crippen molar-refractivity contribution in [3.63, 3.8) is 0 Å². The summed E-state index contributed by atoms with van der Waals surface area (Å²) < 4.78 is 31.3. The van der Waals surface area contributed by atoms with Crippen molar-refractivity contribution in [2.45, 2.75) is 24.2 Å². The molecule has 27 heavy (non-hydrogen) atoms. The molecule has 1 N–H and O–H groups in total. The van der Waals surface area contributed by atoms with Crippen molar-refractivity contribution in [1.82, 2.24) is 9.62 Å². The number of carbonyl (C=O) groups excluding carboxylic acids is 1. The van der Waals surface area contributed by atoms with Gasteiger partial charge in [-0.2, -0.15) is 0 Å². The van der Waals surface area contributed by atoms with E-state index >= 15 is 0 Å². The van der Waals surface area contributed by atoms with Crippen molar-refractivity contribution in [3.05, 3.63) is 60.2 Å². The van der Waals surface area contributed by atoms with Crippen molar-refractivity contribution >= 4 is 15.9 Å². The highest BCUT2D eigenvalue weighted by molar-refractivity contribution is 7.89. The molecule has 146 valence electrons. The molecule has 2 aromatic rings. The number of benzene rings is 2. The molecule has 0 aliphatic rings. The lowest BCUT2D eigenvalue weighted by Crippen LogP contribution is -2.28. The van der Waals surface area contributed by atoms with E-state index in [1.54, 1.807) is 36.2 Å². The lowest BCUT2D eigenvalue weighted by Gasteiger charge is -2.17. The van der Waals surface area contributed by atoms with E-state index in [0.717, 1.165) is 17.7 Å². The van der Waals surface area contributed by atoms with Crippen LogP contribution in [0.3, 0.4) is 0 Å². The van der Waals surface area contributed by atoms with Gasteiger partial charge in [-0.1, -0.05) is 30.3 Å². The maximum atomic E-state index is 12.2. The number of aryl methyl sites for hydroxylation is 1. The van der Waals surface area contributed by atoms with Crippen LogP contribution in [0.4, 0.5) is 0 Å². The first-order chi connectivity index (χ1) is 12.9. The first-order valence-electron chi connectivity index (χ1n) is 8.86. The van der Waals surface area contributed by atoms with Gasteiger partial charge in [-0.25, -0.2) is 13.1 Å². The molecule has 7 heteroatoms. The molecule has 0 radical (unpaired) electrons. The van der Waals surface area contributed by atoms with E-state index in [-0.39, 0.29) is 10.8 Å². The molecule has 0 aromatic heterocycles. The zero-order chi connectivity index (χ0) is 19.7. The Morgan fingerprint density at radius 1 is 1.07 bits per heavy atom. The predicted octanol–water partition coefficient (Wildman–Crippen LogP) is 2.45. The number of amides is 1. The van der Waals surface area contributed by atoms with E-state index in [2.05, 4.69) is 4.72 Å². The lowest BCUT2D eigenvalue weighted by molar-refractivity contribution is -0.129. The fourth-order valence-corrected chi connectivity index (χ4v) is 3.26. The van der Waals surface area contributed by atoms with Gasteiger partial charge in [0.25, 0.3) is 0 Å². The molecule has 0 unspecified atom stereocenters. The fourth-order valence-electron chi connectivity index (χ4n) is 2.53. The van der Waals surface area contributed by atoms with E-state index in [0.29, 0.717) is 26.0 Å². The van der Waals surface area contributed by atoms with Crippen LogP contribution in [0.15, 0.2) is 59.5 Å². The molecule has 2 rings (SSSR count). The third-order valence-corrected chi connectivity index (χ3v) is 5.64. The minimum Gasteiger partial charge on any atom is -0.494 e. The molecule has 2 aromatic carbocycles. The summed E-state index contributed by atoms with van der Waals surface area (Å²) in [5, 5.41) is 0. The number of para-hydroxylation sites is 1. The predicted molar refractivity (Wildman–Crippen MR) is 105 cm³/mol. The molecule has 0 saturated carbocycles. The second-order valence-corrected chi connectivity index (χ2v) is 8.07. The van der Waals surface area contributed by atoms with Gasteiger partial charge >= 0.3 is 0 Å². The Morgan fingerprint density at radius 2 is 1.74 bits per heavy atom. The topological polar surface area (TPSA) is 75.7 Å². The number of carbonyl (C=O) groups is 1. The van der Waals surface area contributed by atoms with Gasteiger partial charge in [0.05, 0.1) is 11.5 Å². The summed E-state index contributed by atoms with van der Waals surface area (Å²) in [6, 6.07) is 16.2. The third-order valence-electron chi connectivity index (χ3n) is 4.21. The Labute approximate surface area is 161 Å². The summed E-state index contributed by atoms with van der Waals surface area (Å²) in [6.07, 6.45) is 1.71. The highest BCUT2D eigenvalue weighted by Crippen LogP contribution is 2.12. The highest BCUT2D eigenvalue weighted by atomic mass is 32.2. The van der Waals surface area contributed by atoms with Gasteiger partial charge < -0.3 is 9.64 Å². The number of sulfonamides is 1. The Kier molecular flexibility index (Phi) is 7.82. The SMILES string of the molecule is CNS(=O)(=O)c1ccc(CCC(=O)N(C)CCCOc2ccccc2)cc1. The number of nitrogens with one attached hydrogen (secondary N) is 1. The summed E-state index contributed by atoms with van der Waals surface area (Å²) in [7, 11) is -0.267. The second kappa shape index (κ2) is 10.1. The van der Waals surface area contributed by atoms with Crippen LogP contribution >= 0.6 is 0 Å². The van der Waals surface area contributed by atoms with Crippen molar-refractivity contribution < 1.29 is 17.9 Å². The summed E-state index contributed by atoms with van der Waals surface area (Å²) in [5.74, 6) is 0.886. The quantitative estimate of drug-likeness (QED) is 0.633. The summed E-state index contributed by atoms with van der Waals surface area (Å²) in [5.41, 5.74) is 0.930. The van der Waals surface area contributed by atoms with Crippen molar-refractivity contribution in [1.29, 1.82) is 0 Å². The first kappa shape index (κ1) is 20.9. The van der Waals surface area contributed by atoms with E-state index < -0.39 is 10.0 Å². The van der Waals surface area contributed by atoms with Crippen LogP contribution in [0.2, 0.25) is 0 Å². The highest BCUT2D eigenvalue weighted by Gasteiger charge is 2.12. The maximum Gasteiger partial charge on any atom is 0.240 e. The number of ether oxygens (including phenoxy) is 1. The molecule has 0 aliphatic heterocycles. The zero-order valence-corrected chi connectivity index (χ0v) is 16.5. The third kappa shape index (κ3) is 6.69. The Hall–Kier alpha value is -2.38. The van der Waals surface area contributed by atoms with E-state index in [9.17, 15) is 13.2 Å². The van der Waals surface area contributed by atoms with Crippen molar-refractivity contribution in [2.24, 2.45) is 0 Å². The van der Waals surface area contributed by atoms with Gasteiger partial charge in [0.2, 0.25) is 15.9 Å². The molecule has 0 atom stereocenters. The average Bonchev–Trinajstić information content (AvgIpc) is 2.70. The summed E-state index contributed by atoms with van der Waals surface area (Å²) in [4.78, 5) is 14.2. The van der Waals surface area contributed by atoms with Crippen molar-refractivity contribution in [2.75, 3.05) is 27.2 Å². The van der Waals surface area contributed by atoms with Gasteiger partial charge in [-0.15, -0.1) is 0 Å². The minimum atomic E-state index is -3.43. The maximum absolute atomic E-state index is 12.2. The molecule has 0 spiro atoms. The minimum absolute atomic E-state index is 0.0571. The fraction of sp³-hybridized carbons (Fsp3) is 0.350. The molecule has 6 nitrogen and oxygen atoms in total. The lowest BCUT2D eigenvalue weighted by atomic mass is 10.1. The molecule has 0 aliphatic carbocycles. The van der Waals surface area contributed by atoms with E-state index in [4.69, 9.17) is 4.74 Å². The smallest absolute Gasteiger partial charge is 0.240 e. The van der Waals surface area contributed by atoms with Gasteiger partial charge in [-0.05, 0) is 49.7 Å². The number of hydrogen-bond acceptors (Lipinski definition) is 4. The van der Waals surface area contributed by atoms with Crippen LogP contribution in [0.5, 0.6) is 5.75 Å². The van der Waals surface area contributed by atoms with Crippen LogP contribution < -0.4 is 9.46 Å². The summed E-state index contributed by atoms with van der Waals surface area (Å²) in [6.45, 7) is 1.19. The van der Waals surface area contributed by atoms with Crippen LogP contribution in [0.1, 0.15) is 18.4 Å². The van der Waals surface area contributed by atoms with Gasteiger partial charge in [0.1, 0.15) is 5.75 Å². The monoisotopic (exact) mass is 390 g/mol. The average molecular weight is 391 g/mol. The van der Waals surface area contributed by atoms with E-state index in [1.165, 1.54) is 7.05 Å². The largest absolute Gasteiger partial charge is 0.494 e. The molecule has 0 heterocycles. The Morgan fingerprint density at radius 3 is 2.37 bits per heavy atom. The van der Waals surface area contributed by atoms with Crippen LogP contribution in [-0.2, 0) is 21.2 Å². The normalized spacial score (nSPS) is 11.2. The molecular formula is C20H26N2O4S. The van der Waals surface area contributed by atoms with Crippen LogP contribution in [0, 0.1) is 0 Å². The van der Waals surface area contributed by atoms with Gasteiger partial charge in [-0.3, -0.25) is 4.79 Å². The second-order valence-electron chi connectivity index (χ2n) is 6.18. The molecular weight excluding hydrogens is 364 g/mol.